The molecule has 7 heteroatoms. The summed E-state index contributed by atoms with van der Waals surface area (Å²) < 4.78 is 0. The van der Waals surface area contributed by atoms with Crippen LogP contribution in [0.2, 0.25) is 0 Å². The van der Waals surface area contributed by atoms with Gasteiger partial charge in [-0.15, -0.1) is 0 Å². The van der Waals surface area contributed by atoms with Gasteiger partial charge in [0.05, 0.1) is 0 Å². The van der Waals surface area contributed by atoms with Gasteiger partial charge < -0.3 is 20.6 Å². The lowest BCUT2D eigenvalue weighted by Crippen LogP contribution is -2.40. The summed E-state index contributed by atoms with van der Waals surface area (Å²) in [5.41, 5.74) is 0.920. The van der Waals surface area contributed by atoms with E-state index in [1.807, 2.05) is 13.8 Å². The van der Waals surface area contributed by atoms with Gasteiger partial charge in [0.25, 0.3) is 5.91 Å². The fourth-order valence-corrected chi connectivity index (χ4v) is 1.93. The van der Waals surface area contributed by atoms with Gasteiger partial charge >= 0.3 is 12.0 Å². The first-order valence-electron chi connectivity index (χ1n) is 7.41. The normalized spacial score (nSPS) is 10.5. The largest absolute Gasteiger partial charge is 0.480 e. The van der Waals surface area contributed by atoms with Gasteiger partial charge in [-0.2, -0.15) is 0 Å². The number of hydrogen-bond acceptors (Lipinski definition) is 3. The lowest BCUT2D eigenvalue weighted by atomic mass is 10.1. The second kappa shape index (κ2) is 8.17. The number of nitrogens with zero attached hydrogens (tertiary/aromatic N) is 1. The van der Waals surface area contributed by atoms with E-state index >= 15 is 0 Å². The molecule has 0 spiro atoms. The van der Waals surface area contributed by atoms with Gasteiger partial charge in [0.15, 0.2) is 0 Å². The number of carbonyl (C=O) groups excluding carboxylic acids is 2. The molecule has 0 heterocycles. The Labute approximate surface area is 135 Å². The second-order valence-electron chi connectivity index (χ2n) is 5.75. The van der Waals surface area contributed by atoms with Gasteiger partial charge in [-0.25, -0.2) is 4.79 Å². The Balaban J connectivity index is 2.80. The highest BCUT2D eigenvalue weighted by molar-refractivity contribution is 5.97. The Kier molecular flexibility index (Phi) is 6.56. The predicted octanol–water partition coefficient (Wildman–Crippen LogP) is 2.15. The van der Waals surface area contributed by atoms with Crippen LogP contribution in [0.15, 0.2) is 24.3 Å². The van der Waals surface area contributed by atoms with E-state index in [-0.39, 0.29) is 30.6 Å². The first-order chi connectivity index (χ1) is 10.7. The van der Waals surface area contributed by atoms with Gasteiger partial charge in [-0.05, 0) is 52.0 Å². The maximum Gasteiger partial charge on any atom is 0.323 e. The zero-order valence-electron chi connectivity index (χ0n) is 13.8. The predicted molar refractivity (Wildman–Crippen MR) is 87.5 cm³/mol. The van der Waals surface area contributed by atoms with Gasteiger partial charge in [-0.3, -0.25) is 9.59 Å². The Morgan fingerprint density at radius 3 is 2.09 bits per heavy atom. The molecule has 0 saturated carbocycles. The maximum absolute atomic E-state index is 12.4. The molecule has 1 rings (SSSR count). The highest BCUT2D eigenvalue weighted by atomic mass is 16.4. The highest BCUT2D eigenvalue weighted by Gasteiger charge is 2.21. The van der Waals surface area contributed by atoms with E-state index in [9.17, 15) is 14.4 Å². The molecule has 0 radical (unpaired) electrons. The highest BCUT2D eigenvalue weighted by Crippen LogP contribution is 2.13. The number of hydrogen-bond donors (Lipinski definition) is 3. The van der Waals surface area contributed by atoms with E-state index in [0.717, 1.165) is 0 Å². The summed E-state index contributed by atoms with van der Waals surface area (Å²) in [6, 6.07) is 5.79. The Morgan fingerprint density at radius 2 is 1.65 bits per heavy atom. The minimum atomic E-state index is -1.06. The van der Waals surface area contributed by atoms with Crippen molar-refractivity contribution in [2.24, 2.45) is 0 Å². The van der Waals surface area contributed by atoms with Crippen molar-refractivity contribution in [2.45, 2.75) is 39.8 Å². The minimum absolute atomic E-state index is 0.0199. The summed E-state index contributed by atoms with van der Waals surface area (Å²) in [5.74, 6) is -1.42. The molecule has 0 aromatic heterocycles. The van der Waals surface area contributed by atoms with Gasteiger partial charge in [0.1, 0.15) is 6.54 Å². The molecule has 3 N–H and O–H groups in total. The number of urea groups is 1. The number of rotatable bonds is 6. The summed E-state index contributed by atoms with van der Waals surface area (Å²) in [4.78, 5) is 36.1. The van der Waals surface area contributed by atoms with Crippen molar-refractivity contribution in [1.29, 1.82) is 0 Å². The first-order valence-corrected chi connectivity index (χ1v) is 7.41. The van der Waals surface area contributed by atoms with Crippen molar-refractivity contribution in [3.05, 3.63) is 29.8 Å². The van der Waals surface area contributed by atoms with E-state index in [2.05, 4.69) is 10.6 Å². The van der Waals surface area contributed by atoms with Crippen LogP contribution in [0.25, 0.3) is 0 Å². The summed E-state index contributed by atoms with van der Waals surface area (Å²) in [6.07, 6.45) is 0. The molecule has 0 fully saturated rings. The molecule has 0 aliphatic heterocycles. The lowest BCUT2D eigenvalue weighted by molar-refractivity contribution is -0.138. The lowest BCUT2D eigenvalue weighted by Gasteiger charge is -2.25. The molecule has 23 heavy (non-hydrogen) atoms. The van der Waals surface area contributed by atoms with E-state index in [0.29, 0.717) is 11.3 Å². The molecule has 3 amide bonds. The molecule has 126 valence electrons. The average Bonchev–Trinajstić information content (AvgIpc) is 2.43. The second-order valence-corrected chi connectivity index (χ2v) is 5.75. The van der Waals surface area contributed by atoms with Crippen LogP contribution in [0.1, 0.15) is 38.1 Å². The van der Waals surface area contributed by atoms with Crippen LogP contribution in [0.4, 0.5) is 10.5 Å². The third-order valence-corrected chi connectivity index (χ3v) is 3.00. The van der Waals surface area contributed by atoms with Crippen molar-refractivity contribution in [3.8, 4) is 0 Å². The van der Waals surface area contributed by atoms with Crippen LogP contribution in [0, 0.1) is 0 Å². The van der Waals surface area contributed by atoms with Crippen LogP contribution < -0.4 is 10.6 Å². The summed E-state index contributed by atoms with van der Waals surface area (Å²) >= 11 is 0. The number of nitrogens with one attached hydrogen (secondary N) is 2. The molecule has 0 unspecified atom stereocenters. The van der Waals surface area contributed by atoms with Crippen molar-refractivity contribution < 1.29 is 19.5 Å². The van der Waals surface area contributed by atoms with Gasteiger partial charge in [0.2, 0.25) is 0 Å². The first kappa shape index (κ1) is 18.5. The molecule has 1 aromatic rings. The maximum atomic E-state index is 12.4. The monoisotopic (exact) mass is 321 g/mol. The van der Waals surface area contributed by atoms with Crippen molar-refractivity contribution in [3.63, 3.8) is 0 Å². The van der Waals surface area contributed by atoms with Crippen LogP contribution in [-0.4, -0.2) is 46.5 Å². The van der Waals surface area contributed by atoms with Crippen molar-refractivity contribution >= 4 is 23.6 Å². The number of anilines is 1. The Bertz CT molecular complexity index is 567. The molecule has 0 aliphatic rings. The number of benzene rings is 1. The van der Waals surface area contributed by atoms with E-state index in [1.165, 1.54) is 4.90 Å². The number of amides is 3. The quantitative estimate of drug-likeness (QED) is 0.747. The van der Waals surface area contributed by atoms with Crippen molar-refractivity contribution in [1.82, 2.24) is 10.2 Å². The average molecular weight is 321 g/mol. The van der Waals surface area contributed by atoms with E-state index in [4.69, 9.17) is 5.11 Å². The molecule has 1 aromatic carbocycles. The third-order valence-electron chi connectivity index (χ3n) is 3.00. The van der Waals surface area contributed by atoms with Crippen molar-refractivity contribution in [2.75, 3.05) is 11.9 Å². The number of carboxylic acids is 1. The molecule has 0 atom stereocenters. The molecule has 0 aliphatic carbocycles. The van der Waals surface area contributed by atoms with Crippen LogP contribution >= 0.6 is 0 Å². The SMILES string of the molecule is CC(C)NC(=O)Nc1ccc(C(=O)N(CC(=O)O)C(C)C)cc1. The Hall–Kier alpha value is -2.57. The summed E-state index contributed by atoms with van der Waals surface area (Å²) in [5, 5.41) is 14.2. The van der Waals surface area contributed by atoms with Crippen LogP contribution in [0.5, 0.6) is 0 Å². The van der Waals surface area contributed by atoms with Crippen LogP contribution in [-0.2, 0) is 4.79 Å². The standard InChI is InChI=1S/C16H23N3O4/c1-10(2)17-16(23)18-13-7-5-12(6-8-13)15(22)19(11(3)4)9-14(20)21/h5-8,10-11H,9H2,1-4H3,(H,20,21)(H2,17,18,23). The van der Waals surface area contributed by atoms with E-state index < -0.39 is 5.97 Å². The van der Waals surface area contributed by atoms with E-state index in [1.54, 1.807) is 38.1 Å². The number of carboxylic acid groups (broad SMARTS) is 1. The van der Waals surface area contributed by atoms with Crippen LogP contribution in [0.3, 0.4) is 0 Å². The van der Waals surface area contributed by atoms with Gasteiger partial charge in [-0.1, -0.05) is 0 Å². The summed E-state index contributed by atoms with van der Waals surface area (Å²) in [6.45, 7) is 6.86. The third kappa shape index (κ3) is 5.98. The molecule has 7 nitrogen and oxygen atoms in total. The zero-order valence-corrected chi connectivity index (χ0v) is 13.8. The molecule has 0 saturated heterocycles. The fourth-order valence-electron chi connectivity index (χ4n) is 1.93. The number of aliphatic carboxylic acids is 1. The minimum Gasteiger partial charge on any atom is -0.480 e. The molecule has 0 bridgehead atoms. The molecular weight excluding hydrogens is 298 g/mol. The smallest absolute Gasteiger partial charge is 0.323 e. The zero-order chi connectivity index (χ0) is 17.6. The van der Waals surface area contributed by atoms with Gasteiger partial charge in [0, 0.05) is 23.3 Å². The number of carbonyl (C=O) groups is 3. The Morgan fingerprint density at radius 1 is 1.09 bits per heavy atom. The summed E-state index contributed by atoms with van der Waals surface area (Å²) in [7, 11) is 0. The molecular formula is C16H23N3O4. The topological polar surface area (TPSA) is 98.7 Å². The fraction of sp³-hybridized carbons (Fsp3) is 0.438.